The van der Waals surface area contributed by atoms with Crippen molar-refractivity contribution in [2.75, 3.05) is 40.4 Å². The number of carbonyl (C=O) groups excluding carboxylic acids is 1. The quantitative estimate of drug-likeness (QED) is 0.737. The number of hydrogen-bond donors (Lipinski definition) is 1. The maximum Gasteiger partial charge on any atom is 0.246 e. The van der Waals surface area contributed by atoms with Gasteiger partial charge >= 0.3 is 0 Å². The van der Waals surface area contributed by atoms with Crippen LogP contribution in [-0.4, -0.2) is 51.2 Å². The molecule has 154 valence electrons. The number of halogens is 1. The summed E-state index contributed by atoms with van der Waals surface area (Å²) in [4.78, 5) is 16.0. The predicted octanol–water partition coefficient (Wildman–Crippen LogP) is 2.61. The molecule has 1 aliphatic heterocycles. The Kier molecular flexibility index (Phi) is 7.18. The monoisotopic (exact) mass is 415 g/mol. The smallest absolute Gasteiger partial charge is 0.246 e. The SMILES string of the molecule is COc1cc(/C=C/C(=O)N2CC[NH+](Cc3cccc(C)c3)CC2)cc(Cl)c1OC. The van der Waals surface area contributed by atoms with Gasteiger partial charge in [-0.15, -0.1) is 0 Å². The second-order valence-electron chi connectivity index (χ2n) is 7.31. The topological polar surface area (TPSA) is 43.2 Å². The minimum Gasteiger partial charge on any atom is -0.493 e. The standard InChI is InChI=1S/C23H27ClN2O3/c1-17-5-4-6-19(13-17)16-25-9-11-26(12-10-25)22(27)8-7-18-14-20(24)23(29-3)21(15-18)28-2/h4-8,13-15H,9-12,16H2,1-3H3/p+1/b8-7+. The molecule has 1 fully saturated rings. The van der Waals surface area contributed by atoms with Crippen LogP contribution >= 0.6 is 11.6 Å². The lowest BCUT2D eigenvalue weighted by molar-refractivity contribution is -0.917. The molecule has 29 heavy (non-hydrogen) atoms. The van der Waals surface area contributed by atoms with E-state index in [-0.39, 0.29) is 5.91 Å². The Bertz CT molecular complexity index is 890. The van der Waals surface area contributed by atoms with Gasteiger partial charge in [-0.2, -0.15) is 0 Å². The molecule has 0 radical (unpaired) electrons. The van der Waals surface area contributed by atoms with Crippen LogP contribution in [0.5, 0.6) is 11.5 Å². The average molecular weight is 416 g/mol. The molecule has 0 unspecified atom stereocenters. The molecule has 2 aromatic rings. The molecule has 0 bridgehead atoms. The van der Waals surface area contributed by atoms with Gasteiger partial charge in [0, 0.05) is 11.6 Å². The average Bonchev–Trinajstić information content (AvgIpc) is 2.72. The molecular formula is C23H28ClN2O3+. The number of piperazine rings is 1. The molecule has 1 amide bonds. The van der Waals surface area contributed by atoms with Gasteiger partial charge in [-0.25, -0.2) is 0 Å². The van der Waals surface area contributed by atoms with Crippen LogP contribution in [0.4, 0.5) is 0 Å². The van der Waals surface area contributed by atoms with Gasteiger partial charge in [-0.05, 0) is 30.7 Å². The van der Waals surface area contributed by atoms with Gasteiger partial charge in [-0.1, -0.05) is 41.4 Å². The van der Waals surface area contributed by atoms with E-state index in [1.807, 2.05) is 4.90 Å². The van der Waals surface area contributed by atoms with Crippen LogP contribution in [0.15, 0.2) is 42.5 Å². The van der Waals surface area contributed by atoms with Crippen molar-refractivity contribution in [2.45, 2.75) is 13.5 Å². The third-order valence-corrected chi connectivity index (χ3v) is 5.47. The van der Waals surface area contributed by atoms with Gasteiger partial charge in [0.2, 0.25) is 5.91 Å². The third-order valence-electron chi connectivity index (χ3n) is 5.19. The number of rotatable bonds is 6. The molecule has 3 rings (SSSR count). The molecule has 0 spiro atoms. The number of amides is 1. The highest BCUT2D eigenvalue weighted by atomic mass is 35.5. The lowest BCUT2D eigenvalue weighted by Gasteiger charge is -2.31. The number of hydrogen-bond acceptors (Lipinski definition) is 3. The number of ether oxygens (including phenoxy) is 2. The number of quaternary nitrogens is 1. The van der Waals surface area contributed by atoms with Crippen LogP contribution in [0.2, 0.25) is 5.02 Å². The highest BCUT2D eigenvalue weighted by Gasteiger charge is 2.22. The zero-order chi connectivity index (χ0) is 20.8. The van der Waals surface area contributed by atoms with E-state index in [0.717, 1.165) is 38.3 Å². The van der Waals surface area contributed by atoms with E-state index in [0.29, 0.717) is 16.5 Å². The predicted molar refractivity (Wildman–Crippen MR) is 116 cm³/mol. The number of nitrogens with one attached hydrogen (secondary N) is 1. The molecule has 1 saturated heterocycles. The summed E-state index contributed by atoms with van der Waals surface area (Å²) in [6, 6.07) is 12.2. The van der Waals surface area contributed by atoms with Gasteiger partial charge in [0.25, 0.3) is 0 Å². The van der Waals surface area contributed by atoms with Gasteiger partial charge in [0.15, 0.2) is 11.5 Å². The van der Waals surface area contributed by atoms with E-state index in [1.54, 1.807) is 38.5 Å². The normalized spacial score (nSPS) is 15.0. The van der Waals surface area contributed by atoms with E-state index in [1.165, 1.54) is 16.0 Å². The van der Waals surface area contributed by atoms with Crippen molar-refractivity contribution >= 4 is 23.6 Å². The Balaban J connectivity index is 1.56. The molecule has 1 aliphatic rings. The van der Waals surface area contributed by atoms with Crippen molar-refractivity contribution in [3.05, 3.63) is 64.2 Å². The van der Waals surface area contributed by atoms with Crippen molar-refractivity contribution in [1.29, 1.82) is 0 Å². The molecule has 1 N–H and O–H groups in total. The molecule has 0 saturated carbocycles. The maximum absolute atomic E-state index is 12.6. The van der Waals surface area contributed by atoms with Crippen LogP contribution in [-0.2, 0) is 11.3 Å². The van der Waals surface area contributed by atoms with Gasteiger partial charge in [-0.3, -0.25) is 4.79 Å². The van der Waals surface area contributed by atoms with Crippen LogP contribution < -0.4 is 14.4 Å². The first-order chi connectivity index (χ1) is 14.0. The Labute approximate surface area is 177 Å². The first-order valence-corrected chi connectivity index (χ1v) is 10.2. The molecule has 0 atom stereocenters. The summed E-state index contributed by atoms with van der Waals surface area (Å²) in [5.41, 5.74) is 3.44. The zero-order valence-electron chi connectivity index (χ0n) is 17.2. The van der Waals surface area contributed by atoms with Gasteiger partial charge in [0.05, 0.1) is 45.4 Å². The third kappa shape index (κ3) is 5.52. The number of aryl methyl sites for hydroxylation is 1. The van der Waals surface area contributed by atoms with Crippen LogP contribution in [0.25, 0.3) is 6.08 Å². The summed E-state index contributed by atoms with van der Waals surface area (Å²) in [7, 11) is 3.11. The highest BCUT2D eigenvalue weighted by Crippen LogP contribution is 2.36. The lowest BCUT2D eigenvalue weighted by Crippen LogP contribution is -3.13. The number of benzene rings is 2. The Morgan fingerprint density at radius 1 is 1.17 bits per heavy atom. The fourth-order valence-electron chi connectivity index (χ4n) is 3.64. The van der Waals surface area contributed by atoms with E-state index in [4.69, 9.17) is 21.1 Å². The molecule has 1 heterocycles. The first kappa shape index (κ1) is 21.2. The molecule has 5 nitrogen and oxygen atoms in total. The minimum absolute atomic E-state index is 0.0190. The Morgan fingerprint density at radius 2 is 1.93 bits per heavy atom. The molecular weight excluding hydrogens is 388 g/mol. The largest absolute Gasteiger partial charge is 0.493 e. The first-order valence-electron chi connectivity index (χ1n) is 9.77. The van der Waals surface area contributed by atoms with Gasteiger partial charge in [0.1, 0.15) is 6.54 Å². The summed E-state index contributed by atoms with van der Waals surface area (Å²) in [5, 5.41) is 0.451. The fraction of sp³-hybridized carbons (Fsp3) is 0.348. The van der Waals surface area contributed by atoms with Crippen LogP contribution in [0.3, 0.4) is 0 Å². The van der Waals surface area contributed by atoms with Crippen molar-refractivity contribution in [3.63, 3.8) is 0 Å². The molecule has 0 aliphatic carbocycles. The Morgan fingerprint density at radius 3 is 2.59 bits per heavy atom. The highest BCUT2D eigenvalue weighted by molar-refractivity contribution is 6.32. The van der Waals surface area contributed by atoms with Crippen molar-refractivity contribution in [3.8, 4) is 11.5 Å². The second kappa shape index (κ2) is 9.81. The minimum atomic E-state index is 0.0190. The van der Waals surface area contributed by atoms with Crippen molar-refractivity contribution in [2.24, 2.45) is 0 Å². The summed E-state index contributed by atoms with van der Waals surface area (Å²) in [5.74, 6) is 1.05. The fourth-order valence-corrected chi connectivity index (χ4v) is 3.93. The van der Waals surface area contributed by atoms with E-state index < -0.39 is 0 Å². The number of carbonyl (C=O) groups is 1. The Hall–Kier alpha value is -2.50. The number of methoxy groups -OCH3 is 2. The molecule has 0 aromatic heterocycles. The summed E-state index contributed by atoms with van der Waals surface area (Å²) in [6.07, 6.45) is 3.37. The molecule has 2 aromatic carbocycles. The maximum atomic E-state index is 12.6. The van der Waals surface area contributed by atoms with E-state index >= 15 is 0 Å². The van der Waals surface area contributed by atoms with E-state index in [2.05, 4.69) is 31.2 Å². The van der Waals surface area contributed by atoms with Gasteiger partial charge < -0.3 is 19.3 Å². The lowest BCUT2D eigenvalue weighted by atomic mass is 10.1. The van der Waals surface area contributed by atoms with Crippen molar-refractivity contribution < 1.29 is 19.2 Å². The molecule has 6 heteroatoms. The zero-order valence-corrected chi connectivity index (χ0v) is 18.0. The summed E-state index contributed by atoms with van der Waals surface area (Å²) >= 11 is 6.23. The van der Waals surface area contributed by atoms with Crippen LogP contribution in [0.1, 0.15) is 16.7 Å². The number of nitrogens with zero attached hydrogens (tertiary/aromatic N) is 1. The van der Waals surface area contributed by atoms with Crippen molar-refractivity contribution in [1.82, 2.24) is 4.90 Å². The summed E-state index contributed by atoms with van der Waals surface area (Å²) < 4.78 is 10.6. The second-order valence-corrected chi connectivity index (χ2v) is 7.72. The van der Waals surface area contributed by atoms with E-state index in [9.17, 15) is 4.79 Å². The summed E-state index contributed by atoms with van der Waals surface area (Å²) in [6.45, 7) is 6.55. The van der Waals surface area contributed by atoms with Crippen LogP contribution in [0, 0.1) is 6.92 Å².